The van der Waals surface area contributed by atoms with Crippen LogP contribution < -0.4 is 5.32 Å². The highest BCUT2D eigenvalue weighted by atomic mass is 32.1. The van der Waals surface area contributed by atoms with Crippen LogP contribution in [0.2, 0.25) is 0 Å². The number of amides is 1. The fraction of sp³-hybridized carbons (Fsp3) is 0.217. The Morgan fingerprint density at radius 2 is 1.85 bits per heavy atom. The zero-order chi connectivity index (χ0) is 19.4. The Morgan fingerprint density at radius 1 is 1.11 bits per heavy atom. The van der Waals surface area contributed by atoms with Crippen LogP contribution in [0.3, 0.4) is 0 Å². The molecule has 0 spiro atoms. The molecular weight excluding hydrogens is 352 g/mol. The lowest BCUT2D eigenvalue weighted by Gasteiger charge is -2.04. The Labute approximate surface area is 164 Å². The fourth-order valence-electron chi connectivity index (χ4n) is 2.87. The van der Waals surface area contributed by atoms with Gasteiger partial charge < -0.3 is 0 Å². The predicted octanol–water partition coefficient (Wildman–Crippen LogP) is 6.20. The number of anilines is 1. The number of carbonyl (C=O) groups is 1. The average molecular weight is 377 g/mol. The molecule has 0 aliphatic carbocycles. The maximum absolute atomic E-state index is 12.2. The number of aromatic nitrogens is 1. The SMILES string of the molecule is Cc1ccc(-c2csc(NC(=O)C=Cc3ccc(C(C)C)cc3)n2)c(C)c1. The largest absolute Gasteiger partial charge is 0.298 e. The summed E-state index contributed by atoms with van der Waals surface area (Å²) in [5, 5.41) is 5.42. The van der Waals surface area contributed by atoms with Gasteiger partial charge in [0.25, 0.3) is 0 Å². The van der Waals surface area contributed by atoms with Gasteiger partial charge in [-0.15, -0.1) is 11.3 Å². The number of hydrogen-bond acceptors (Lipinski definition) is 3. The van der Waals surface area contributed by atoms with Crippen molar-refractivity contribution in [2.24, 2.45) is 0 Å². The maximum atomic E-state index is 12.2. The molecule has 3 aromatic rings. The molecule has 0 unspecified atom stereocenters. The topological polar surface area (TPSA) is 42.0 Å². The Hall–Kier alpha value is -2.72. The molecule has 0 fully saturated rings. The van der Waals surface area contributed by atoms with Gasteiger partial charge in [-0.25, -0.2) is 4.98 Å². The monoisotopic (exact) mass is 376 g/mol. The Balaban J connectivity index is 1.65. The van der Waals surface area contributed by atoms with Crippen LogP contribution in [0.25, 0.3) is 17.3 Å². The predicted molar refractivity (Wildman–Crippen MR) is 115 cm³/mol. The van der Waals surface area contributed by atoms with Gasteiger partial charge in [0.2, 0.25) is 5.91 Å². The molecule has 0 radical (unpaired) electrons. The molecular formula is C23H24N2OS. The summed E-state index contributed by atoms with van der Waals surface area (Å²) in [7, 11) is 0. The first-order chi connectivity index (χ1) is 12.9. The van der Waals surface area contributed by atoms with E-state index in [0.717, 1.165) is 16.8 Å². The van der Waals surface area contributed by atoms with Crippen LogP contribution >= 0.6 is 11.3 Å². The van der Waals surface area contributed by atoms with Crippen LogP contribution in [0, 0.1) is 13.8 Å². The molecule has 0 aliphatic rings. The third kappa shape index (κ3) is 4.92. The Morgan fingerprint density at radius 3 is 2.52 bits per heavy atom. The van der Waals surface area contributed by atoms with Gasteiger partial charge in [-0.05, 0) is 42.5 Å². The van der Waals surface area contributed by atoms with Crippen LogP contribution in [-0.2, 0) is 4.79 Å². The van der Waals surface area contributed by atoms with Gasteiger partial charge in [0.15, 0.2) is 5.13 Å². The van der Waals surface area contributed by atoms with Crippen molar-refractivity contribution in [2.75, 3.05) is 5.32 Å². The minimum Gasteiger partial charge on any atom is -0.298 e. The van der Waals surface area contributed by atoms with Crippen molar-refractivity contribution in [3.8, 4) is 11.3 Å². The zero-order valence-corrected chi connectivity index (χ0v) is 16.9. The zero-order valence-electron chi connectivity index (χ0n) is 16.1. The van der Waals surface area contributed by atoms with Crippen molar-refractivity contribution in [1.82, 2.24) is 4.98 Å². The summed E-state index contributed by atoms with van der Waals surface area (Å²) in [6.45, 7) is 8.48. The van der Waals surface area contributed by atoms with Crippen LogP contribution in [0.4, 0.5) is 5.13 Å². The standard InChI is InChI=1S/C23H24N2OS/c1-15(2)19-9-6-18(7-10-19)8-12-22(26)25-23-24-21(14-27-23)20-11-5-16(3)13-17(20)4/h5-15H,1-4H3,(H,24,25,26). The summed E-state index contributed by atoms with van der Waals surface area (Å²) in [5.74, 6) is 0.326. The number of aryl methyl sites for hydroxylation is 2. The number of thiazole rings is 1. The quantitative estimate of drug-likeness (QED) is 0.538. The highest BCUT2D eigenvalue weighted by Gasteiger charge is 2.08. The summed E-state index contributed by atoms with van der Waals surface area (Å²) in [5.41, 5.74) is 6.69. The molecule has 0 saturated heterocycles. The Bertz CT molecular complexity index is 968. The van der Waals surface area contributed by atoms with Gasteiger partial charge in [0.05, 0.1) is 5.69 Å². The number of nitrogens with one attached hydrogen (secondary N) is 1. The second-order valence-corrected chi connectivity index (χ2v) is 7.86. The summed E-state index contributed by atoms with van der Waals surface area (Å²) in [4.78, 5) is 16.7. The molecule has 0 aliphatic heterocycles. The van der Waals surface area contributed by atoms with Gasteiger partial charge in [0, 0.05) is 17.0 Å². The van der Waals surface area contributed by atoms with Gasteiger partial charge in [-0.2, -0.15) is 0 Å². The number of nitrogens with zero attached hydrogens (tertiary/aromatic N) is 1. The molecule has 3 nitrogen and oxygen atoms in total. The van der Waals surface area contributed by atoms with Crippen molar-refractivity contribution < 1.29 is 4.79 Å². The van der Waals surface area contributed by atoms with E-state index < -0.39 is 0 Å². The summed E-state index contributed by atoms with van der Waals surface area (Å²) in [6, 6.07) is 14.5. The van der Waals surface area contributed by atoms with Crippen molar-refractivity contribution in [1.29, 1.82) is 0 Å². The normalized spacial score (nSPS) is 11.3. The van der Waals surface area contributed by atoms with E-state index >= 15 is 0 Å². The molecule has 0 bridgehead atoms. The summed E-state index contributed by atoms with van der Waals surface area (Å²) in [6.07, 6.45) is 3.36. The first-order valence-electron chi connectivity index (χ1n) is 9.04. The summed E-state index contributed by atoms with van der Waals surface area (Å²) < 4.78 is 0. The van der Waals surface area contributed by atoms with E-state index in [1.165, 1.54) is 28.0 Å². The van der Waals surface area contributed by atoms with Crippen LogP contribution in [0.1, 0.15) is 42.0 Å². The molecule has 2 aromatic carbocycles. The van der Waals surface area contributed by atoms with E-state index in [2.05, 4.69) is 68.3 Å². The van der Waals surface area contributed by atoms with Gasteiger partial charge >= 0.3 is 0 Å². The smallest absolute Gasteiger partial charge is 0.250 e. The number of hydrogen-bond donors (Lipinski definition) is 1. The van der Waals surface area contributed by atoms with E-state index in [4.69, 9.17) is 0 Å². The van der Waals surface area contributed by atoms with Gasteiger partial charge in [-0.1, -0.05) is 61.9 Å². The molecule has 3 rings (SSSR count). The number of carbonyl (C=O) groups excluding carboxylic acids is 1. The molecule has 4 heteroatoms. The van der Waals surface area contributed by atoms with E-state index in [9.17, 15) is 4.79 Å². The third-order valence-corrected chi connectivity index (χ3v) is 5.18. The lowest BCUT2D eigenvalue weighted by Crippen LogP contribution is -2.07. The molecule has 1 N–H and O–H groups in total. The van der Waals surface area contributed by atoms with E-state index in [0.29, 0.717) is 11.0 Å². The summed E-state index contributed by atoms with van der Waals surface area (Å²) >= 11 is 1.44. The van der Waals surface area contributed by atoms with Crippen LogP contribution in [0.15, 0.2) is 53.9 Å². The van der Waals surface area contributed by atoms with E-state index in [1.807, 2.05) is 23.6 Å². The van der Waals surface area contributed by atoms with Gasteiger partial charge in [-0.3, -0.25) is 10.1 Å². The second kappa shape index (κ2) is 8.31. The fourth-order valence-corrected chi connectivity index (χ4v) is 3.58. The lowest BCUT2D eigenvalue weighted by atomic mass is 10.0. The minimum atomic E-state index is -0.176. The number of rotatable bonds is 5. The third-order valence-electron chi connectivity index (χ3n) is 4.42. The van der Waals surface area contributed by atoms with Gasteiger partial charge in [0.1, 0.15) is 0 Å². The molecule has 0 atom stereocenters. The highest BCUT2D eigenvalue weighted by Crippen LogP contribution is 2.28. The van der Waals surface area contributed by atoms with Crippen molar-refractivity contribution >= 4 is 28.5 Å². The molecule has 1 amide bonds. The highest BCUT2D eigenvalue weighted by molar-refractivity contribution is 7.14. The van der Waals surface area contributed by atoms with Crippen LogP contribution in [-0.4, -0.2) is 10.9 Å². The average Bonchev–Trinajstić information content (AvgIpc) is 3.08. The van der Waals surface area contributed by atoms with Crippen molar-refractivity contribution in [2.45, 2.75) is 33.6 Å². The minimum absolute atomic E-state index is 0.176. The second-order valence-electron chi connectivity index (χ2n) is 7.00. The Kier molecular flexibility index (Phi) is 5.87. The molecule has 138 valence electrons. The van der Waals surface area contributed by atoms with Crippen molar-refractivity contribution in [3.05, 3.63) is 76.2 Å². The lowest BCUT2D eigenvalue weighted by molar-refractivity contribution is -0.111. The first kappa shape index (κ1) is 19.1. The first-order valence-corrected chi connectivity index (χ1v) is 9.92. The van der Waals surface area contributed by atoms with Crippen LogP contribution in [0.5, 0.6) is 0 Å². The van der Waals surface area contributed by atoms with E-state index in [-0.39, 0.29) is 5.91 Å². The molecule has 0 saturated carbocycles. The molecule has 1 aromatic heterocycles. The maximum Gasteiger partial charge on any atom is 0.250 e. The van der Waals surface area contributed by atoms with Crippen molar-refractivity contribution in [3.63, 3.8) is 0 Å². The molecule has 1 heterocycles. The van der Waals surface area contributed by atoms with E-state index in [1.54, 1.807) is 6.08 Å². The number of benzene rings is 2. The molecule has 27 heavy (non-hydrogen) atoms.